The fourth-order valence-corrected chi connectivity index (χ4v) is 1.50. The van der Waals surface area contributed by atoms with Gasteiger partial charge in [0, 0.05) is 11.6 Å². The van der Waals surface area contributed by atoms with Crippen LogP contribution < -0.4 is 11.1 Å². The number of nitrogen functional groups attached to an aromatic ring is 1. The van der Waals surface area contributed by atoms with Gasteiger partial charge in [0.2, 0.25) is 11.9 Å². The molecule has 1 atom stereocenters. The second-order valence-corrected chi connectivity index (χ2v) is 4.16. The summed E-state index contributed by atoms with van der Waals surface area (Å²) in [5.41, 5.74) is 6.64. The van der Waals surface area contributed by atoms with Crippen molar-refractivity contribution in [2.24, 2.45) is 0 Å². The molecule has 2 rings (SSSR count). The number of aromatic nitrogens is 3. The van der Waals surface area contributed by atoms with Gasteiger partial charge in [-0.1, -0.05) is 37.3 Å². The second-order valence-electron chi connectivity index (χ2n) is 4.16. The van der Waals surface area contributed by atoms with Crippen LogP contribution in [0.3, 0.4) is 0 Å². The van der Waals surface area contributed by atoms with Crippen molar-refractivity contribution in [1.82, 2.24) is 15.0 Å². The molecule has 0 bridgehead atoms. The van der Waals surface area contributed by atoms with Crippen LogP contribution in [-0.2, 0) is 0 Å². The maximum absolute atomic E-state index is 5.71. The number of nitrogens with zero attached hydrogens (tertiary/aromatic N) is 3. The summed E-state index contributed by atoms with van der Waals surface area (Å²) in [5, 5.41) is 3.20. The van der Waals surface area contributed by atoms with E-state index in [2.05, 4.69) is 34.1 Å². The van der Waals surface area contributed by atoms with E-state index in [0.717, 1.165) is 12.0 Å². The minimum absolute atomic E-state index is 0.231. The Morgan fingerprint density at radius 1 is 1.17 bits per heavy atom. The van der Waals surface area contributed by atoms with E-state index in [-0.39, 0.29) is 5.95 Å². The second kappa shape index (κ2) is 5.44. The van der Waals surface area contributed by atoms with Crippen molar-refractivity contribution in [1.29, 1.82) is 0 Å². The fourth-order valence-electron chi connectivity index (χ4n) is 1.50. The summed E-state index contributed by atoms with van der Waals surface area (Å²) in [4.78, 5) is 12.6. The lowest BCUT2D eigenvalue weighted by atomic mass is 10.2. The predicted octanol–water partition coefficient (Wildman–Crippen LogP) is 2.33. The van der Waals surface area contributed by atoms with E-state index in [1.165, 1.54) is 0 Å². The Bertz CT molecular complexity index is 512. The van der Waals surface area contributed by atoms with Crippen molar-refractivity contribution in [2.75, 3.05) is 11.1 Å². The zero-order chi connectivity index (χ0) is 13.0. The van der Waals surface area contributed by atoms with Crippen LogP contribution in [0.15, 0.2) is 30.3 Å². The summed E-state index contributed by atoms with van der Waals surface area (Å²) in [5.74, 6) is 1.35. The van der Waals surface area contributed by atoms with Gasteiger partial charge in [0.15, 0.2) is 5.82 Å². The number of nitrogens with two attached hydrogens (primary N) is 1. The fraction of sp³-hybridized carbons (Fsp3) is 0.308. The first kappa shape index (κ1) is 12.3. The van der Waals surface area contributed by atoms with Gasteiger partial charge in [-0.3, -0.25) is 0 Å². The molecule has 1 unspecified atom stereocenters. The zero-order valence-electron chi connectivity index (χ0n) is 10.6. The van der Waals surface area contributed by atoms with E-state index in [0.29, 0.717) is 17.8 Å². The highest BCUT2D eigenvalue weighted by Gasteiger charge is 2.07. The molecule has 0 aliphatic carbocycles. The van der Waals surface area contributed by atoms with Crippen molar-refractivity contribution < 1.29 is 0 Å². The van der Waals surface area contributed by atoms with Crippen LogP contribution in [0.1, 0.15) is 20.3 Å². The van der Waals surface area contributed by atoms with Crippen molar-refractivity contribution >= 4 is 11.9 Å². The molecule has 0 saturated carbocycles. The van der Waals surface area contributed by atoms with Crippen molar-refractivity contribution in [3.05, 3.63) is 30.3 Å². The Balaban J connectivity index is 2.32. The molecular formula is C13H17N5. The van der Waals surface area contributed by atoms with Gasteiger partial charge in [-0.05, 0) is 13.3 Å². The number of rotatable bonds is 4. The van der Waals surface area contributed by atoms with Gasteiger partial charge >= 0.3 is 0 Å². The highest BCUT2D eigenvalue weighted by atomic mass is 15.2. The van der Waals surface area contributed by atoms with Crippen LogP contribution in [0, 0.1) is 0 Å². The third kappa shape index (κ3) is 2.94. The molecule has 5 heteroatoms. The summed E-state index contributed by atoms with van der Waals surface area (Å²) < 4.78 is 0. The number of nitrogens with one attached hydrogen (secondary N) is 1. The lowest BCUT2D eigenvalue weighted by Gasteiger charge is -2.12. The molecule has 0 spiro atoms. The van der Waals surface area contributed by atoms with Gasteiger partial charge in [-0.25, -0.2) is 0 Å². The summed E-state index contributed by atoms with van der Waals surface area (Å²) in [6, 6.07) is 10.0. The first-order valence-electron chi connectivity index (χ1n) is 6.02. The molecule has 1 heterocycles. The standard InChI is InChI=1S/C13H17N5/c1-3-9(2)15-13-17-11(16-12(14)18-13)10-7-5-4-6-8-10/h4-9H,3H2,1-2H3,(H3,14,15,16,17,18). The monoisotopic (exact) mass is 243 g/mol. The average molecular weight is 243 g/mol. The molecule has 5 nitrogen and oxygen atoms in total. The summed E-state index contributed by atoms with van der Waals surface area (Å²) in [7, 11) is 0. The molecule has 1 aromatic heterocycles. The molecule has 0 saturated heterocycles. The minimum atomic E-state index is 0.231. The van der Waals surface area contributed by atoms with E-state index >= 15 is 0 Å². The van der Waals surface area contributed by atoms with Crippen LogP contribution in [0.5, 0.6) is 0 Å². The maximum atomic E-state index is 5.71. The molecule has 3 N–H and O–H groups in total. The zero-order valence-corrected chi connectivity index (χ0v) is 10.6. The number of hydrogen-bond acceptors (Lipinski definition) is 5. The summed E-state index contributed by atoms with van der Waals surface area (Å²) >= 11 is 0. The first-order chi connectivity index (χ1) is 8.69. The lowest BCUT2D eigenvalue weighted by Crippen LogP contribution is -2.17. The highest BCUT2D eigenvalue weighted by molar-refractivity contribution is 5.57. The molecule has 2 aromatic rings. The van der Waals surface area contributed by atoms with E-state index in [4.69, 9.17) is 5.73 Å². The van der Waals surface area contributed by atoms with Gasteiger partial charge in [0.1, 0.15) is 0 Å². The number of hydrogen-bond donors (Lipinski definition) is 2. The van der Waals surface area contributed by atoms with Crippen LogP contribution in [0.2, 0.25) is 0 Å². The Labute approximate surface area is 106 Å². The highest BCUT2D eigenvalue weighted by Crippen LogP contribution is 2.16. The molecular weight excluding hydrogens is 226 g/mol. The van der Waals surface area contributed by atoms with Crippen LogP contribution in [0.25, 0.3) is 11.4 Å². The Kier molecular flexibility index (Phi) is 3.72. The quantitative estimate of drug-likeness (QED) is 0.861. The number of anilines is 2. The summed E-state index contributed by atoms with van der Waals surface area (Å²) in [6.07, 6.45) is 0.992. The van der Waals surface area contributed by atoms with E-state index in [1.807, 2.05) is 30.3 Å². The topological polar surface area (TPSA) is 76.7 Å². The van der Waals surface area contributed by atoms with Crippen LogP contribution >= 0.6 is 0 Å². The molecule has 0 amide bonds. The lowest BCUT2D eigenvalue weighted by molar-refractivity contribution is 0.752. The van der Waals surface area contributed by atoms with Crippen LogP contribution in [-0.4, -0.2) is 21.0 Å². The largest absolute Gasteiger partial charge is 0.368 e. The molecule has 94 valence electrons. The van der Waals surface area contributed by atoms with Gasteiger partial charge in [-0.15, -0.1) is 0 Å². The van der Waals surface area contributed by atoms with Gasteiger partial charge < -0.3 is 11.1 Å². The number of benzene rings is 1. The maximum Gasteiger partial charge on any atom is 0.228 e. The predicted molar refractivity (Wildman–Crippen MR) is 73.1 cm³/mol. The SMILES string of the molecule is CCC(C)Nc1nc(N)nc(-c2ccccc2)n1. The van der Waals surface area contributed by atoms with Gasteiger partial charge in [0.05, 0.1) is 0 Å². The van der Waals surface area contributed by atoms with Crippen molar-refractivity contribution in [2.45, 2.75) is 26.3 Å². The third-order valence-electron chi connectivity index (χ3n) is 2.67. The van der Waals surface area contributed by atoms with Crippen molar-refractivity contribution in [3.8, 4) is 11.4 Å². The van der Waals surface area contributed by atoms with Crippen LogP contribution in [0.4, 0.5) is 11.9 Å². The smallest absolute Gasteiger partial charge is 0.228 e. The Morgan fingerprint density at radius 2 is 1.89 bits per heavy atom. The van der Waals surface area contributed by atoms with Gasteiger partial charge in [-0.2, -0.15) is 15.0 Å². The van der Waals surface area contributed by atoms with E-state index in [9.17, 15) is 0 Å². The molecule has 1 aromatic carbocycles. The van der Waals surface area contributed by atoms with Crippen molar-refractivity contribution in [3.63, 3.8) is 0 Å². The van der Waals surface area contributed by atoms with Gasteiger partial charge in [0.25, 0.3) is 0 Å². The first-order valence-corrected chi connectivity index (χ1v) is 6.02. The normalized spacial score (nSPS) is 12.1. The Hall–Kier alpha value is -2.17. The Morgan fingerprint density at radius 3 is 2.56 bits per heavy atom. The van der Waals surface area contributed by atoms with E-state index < -0.39 is 0 Å². The molecule has 0 aliphatic heterocycles. The molecule has 0 radical (unpaired) electrons. The average Bonchev–Trinajstić information content (AvgIpc) is 2.39. The molecule has 0 aliphatic rings. The molecule has 18 heavy (non-hydrogen) atoms. The molecule has 0 fully saturated rings. The third-order valence-corrected chi connectivity index (χ3v) is 2.67. The minimum Gasteiger partial charge on any atom is -0.368 e. The van der Waals surface area contributed by atoms with E-state index in [1.54, 1.807) is 0 Å². The summed E-state index contributed by atoms with van der Waals surface area (Å²) in [6.45, 7) is 4.17.